The lowest BCUT2D eigenvalue weighted by molar-refractivity contribution is -0.140. The van der Waals surface area contributed by atoms with Gasteiger partial charge in [-0.1, -0.05) is 13.8 Å². The van der Waals surface area contributed by atoms with Gasteiger partial charge in [0.15, 0.2) is 0 Å². The second kappa shape index (κ2) is 5.57. The van der Waals surface area contributed by atoms with Crippen LogP contribution in [-0.2, 0) is 4.79 Å². The fourth-order valence-electron chi connectivity index (χ4n) is 1.54. The summed E-state index contributed by atoms with van der Waals surface area (Å²) in [5.74, 6) is -1.14. The number of carbonyl (C=O) groups is 2. The van der Waals surface area contributed by atoms with Gasteiger partial charge in [0.2, 0.25) is 0 Å². The summed E-state index contributed by atoms with van der Waals surface area (Å²) in [7, 11) is 0. The van der Waals surface area contributed by atoms with Crippen LogP contribution in [0.25, 0.3) is 0 Å². The van der Waals surface area contributed by atoms with Crippen LogP contribution >= 0.6 is 0 Å². The van der Waals surface area contributed by atoms with Crippen LogP contribution in [0.1, 0.15) is 35.7 Å². The average molecular weight is 251 g/mol. The highest BCUT2D eigenvalue weighted by atomic mass is 16.4. The van der Waals surface area contributed by atoms with Gasteiger partial charge in [-0.25, -0.2) is 14.8 Å². The molecule has 6 nitrogen and oxygen atoms in total. The Kier molecular flexibility index (Phi) is 4.36. The fourth-order valence-corrected chi connectivity index (χ4v) is 1.54. The van der Waals surface area contributed by atoms with Crippen molar-refractivity contribution in [2.24, 2.45) is 5.92 Å². The van der Waals surface area contributed by atoms with Gasteiger partial charge < -0.3 is 10.4 Å². The molecule has 0 fully saturated rings. The van der Waals surface area contributed by atoms with Gasteiger partial charge in [-0.2, -0.15) is 0 Å². The van der Waals surface area contributed by atoms with Crippen molar-refractivity contribution >= 4 is 11.9 Å². The number of aryl methyl sites for hydroxylation is 2. The summed E-state index contributed by atoms with van der Waals surface area (Å²) < 4.78 is 0. The van der Waals surface area contributed by atoms with Gasteiger partial charge in [0, 0.05) is 6.20 Å². The number of hydrogen-bond donors (Lipinski definition) is 2. The highest BCUT2D eigenvalue weighted by Gasteiger charge is 2.24. The Hall–Kier alpha value is -1.98. The van der Waals surface area contributed by atoms with Crippen molar-refractivity contribution in [3.8, 4) is 0 Å². The van der Waals surface area contributed by atoms with Crippen LogP contribution in [0.5, 0.6) is 0 Å². The summed E-state index contributed by atoms with van der Waals surface area (Å²) in [6, 6.07) is -0.918. The van der Waals surface area contributed by atoms with E-state index in [9.17, 15) is 9.59 Å². The number of nitrogens with one attached hydrogen (secondary N) is 1. The molecule has 1 aromatic heterocycles. The first-order valence-corrected chi connectivity index (χ1v) is 5.66. The molecule has 1 amide bonds. The number of aliphatic carboxylic acids is 1. The van der Waals surface area contributed by atoms with E-state index in [4.69, 9.17) is 5.11 Å². The standard InChI is InChI=1S/C12H17N3O3/c1-6(2)10(12(17)18)15-11(16)9-5-13-8(4)14-7(9)3/h5-6,10H,1-4H3,(H,15,16)(H,17,18). The molecule has 1 aromatic rings. The minimum atomic E-state index is -1.05. The Morgan fingerprint density at radius 1 is 1.33 bits per heavy atom. The van der Waals surface area contributed by atoms with E-state index in [0.717, 1.165) is 0 Å². The molecule has 0 bridgehead atoms. The minimum Gasteiger partial charge on any atom is -0.480 e. The van der Waals surface area contributed by atoms with E-state index in [1.54, 1.807) is 27.7 Å². The number of rotatable bonds is 4. The zero-order valence-corrected chi connectivity index (χ0v) is 10.9. The Bertz CT molecular complexity index is 472. The van der Waals surface area contributed by atoms with Gasteiger partial charge in [0.05, 0.1) is 11.3 Å². The monoisotopic (exact) mass is 251 g/mol. The topological polar surface area (TPSA) is 92.2 Å². The molecule has 0 aromatic carbocycles. The predicted octanol–water partition coefficient (Wildman–Crippen LogP) is 0.932. The van der Waals surface area contributed by atoms with Crippen LogP contribution in [0, 0.1) is 19.8 Å². The van der Waals surface area contributed by atoms with Gasteiger partial charge in [-0.15, -0.1) is 0 Å². The van der Waals surface area contributed by atoms with Crippen LogP contribution in [0.2, 0.25) is 0 Å². The van der Waals surface area contributed by atoms with Crippen molar-refractivity contribution in [1.29, 1.82) is 0 Å². The smallest absolute Gasteiger partial charge is 0.326 e. The van der Waals surface area contributed by atoms with Crippen molar-refractivity contribution < 1.29 is 14.7 Å². The van der Waals surface area contributed by atoms with E-state index >= 15 is 0 Å². The zero-order valence-electron chi connectivity index (χ0n) is 10.9. The summed E-state index contributed by atoms with van der Waals surface area (Å²) in [6.45, 7) is 6.88. The Balaban J connectivity index is 2.91. The van der Waals surface area contributed by atoms with Gasteiger partial charge in [-0.3, -0.25) is 4.79 Å². The summed E-state index contributed by atoms with van der Waals surface area (Å²) in [6.07, 6.45) is 1.41. The average Bonchev–Trinajstić information content (AvgIpc) is 2.24. The van der Waals surface area contributed by atoms with Crippen LogP contribution in [0.15, 0.2) is 6.20 Å². The Morgan fingerprint density at radius 2 is 1.94 bits per heavy atom. The van der Waals surface area contributed by atoms with Crippen LogP contribution < -0.4 is 5.32 Å². The van der Waals surface area contributed by atoms with Crippen LogP contribution in [0.4, 0.5) is 0 Å². The number of carboxylic acids is 1. The third-order valence-electron chi connectivity index (χ3n) is 2.56. The molecule has 18 heavy (non-hydrogen) atoms. The minimum absolute atomic E-state index is 0.196. The molecule has 2 N–H and O–H groups in total. The molecule has 0 spiro atoms. The quantitative estimate of drug-likeness (QED) is 0.830. The lowest BCUT2D eigenvalue weighted by Gasteiger charge is -2.18. The number of hydrogen-bond acceptors (Lipinski definition) is 4. The van der Waals surface area contributed by atoms with Gasteiger partial charge in [0.25, 0.3) is 5.91 Å². The molecule has 0 saturated carbocycles. The fraction of sp³-hybridized carbons (Fsp3) is 0.500. The van der Waals surface area contributed by atoms with Crippen molar-refractivity contribution in [2.75, 3.05) is 0 Å². The normalized spacial score (nSPS) is 12.3. The molecule has 1 rings (SSSR count). The molecular formula is C12H17N3O3. The first-order valence-electron chi connectivity index (χ1n) is 5.66. The van der Waals surface area contributed by atoms with Crippen molar-refractivity contribution in [3.05, 3.63) is 23.3 Å². The van der Waals surface area contributed by atoms with Crippen molar-refractivity contribution in [3.63, 3.8) is 0 Å². The maximum absolute atomic E-state index is 11.9. The molecule has 1 atom stereocenters. The second-order valence-corrected chi connectivity index (χ2v) is 4.45. The number of aromatic nitrogens is 2. The summed E-state index contributed by atoms with van der Waals surface area (Å²) in [5.41, 5.74) is 0.834. The Morgan fingerprint density at radius 3 is 2.39 bits per heavy atom. The number of carbonyl (C=O) groups excluding carboxylic acids is 1. The van der Waals surface area contributed by atoms with E-state index in [0.29, 0.717) is 17.1 Å². The predicted molar refractivity (Wildman–Crippen MR) is 65.2 cm³/mol. The molecule has 1 unspecified atom stereocenters. The van der Waals surface area contributed by atoms with Crippen LogP contribution in [-0.4, -0.2) is 33.0 Å². The molecular weight excluding hydrogens is 234 g/mol. The SMILES string of the molecule is Cc1ncc(C(=O)NC(C(=O)O)C(C)C)c(C)n1. The molecule has 0 aliphatic rings. The van der Waals surface area contributed by atoms with E-state index in [2.05, 4.69) is 15.3 Å². The summed E-state index contributed by atoms with van der Waals surface area (Å²) >= 11 is 0. The highest BCUT2D eigenvalue weighted by molar-refractivity contribution is 5.97. The summed E-state index contributed by atoms with van der Waals surface area (Å²) in [4.78, 5) is 31.0. The first-order chi connectivity index (χ1) is 8.32. The highest BCUT2D eigenvalue weighted by Crippen LogP contribution is 2.07. The van der Waals surface area contributed by atoms with Crippen molar-refractivity contribution in [1.82, 2.24) is 15.3 Å². The van der Waals surface area contributed by atoms with Crippen molar-refractivity contribution in [2.45, 2.75) is 33.7 Å². The molecule has 0 saturated heterocycles. The third-order valence-corrected chi connectivity index (χ3v) is 2.56. The maximum atomic E-state index is 11.9. The van der Waals surface area contributed by atoms with Gasteiger partial charge in [0.1, 0.15) is 11.9 Å². The number of carboxylic acid groups (broad SMARTS) is 1. The molecule has 1 heterocycles. The molecule has 6 heteroatoms. The number of amides is 1. The lowest BCUT2D eigenvalue weighted by atomic mass is 10.0. The molecule has 0 aliphatic carbocycles. The second-order valence-electron chi connectivity index (χ2n) is 4.45. The molecule has 98 valence electrons. The van der Waals surface area contributed by atoms with E-state index in [1.807, 2.05) is 0 Å². The lowest BCUT2D eigenvalue weighted by Crippen LogP contribution is -2.44. The van der Waals surface area contributed by atoms with E-state index in [-0.39, 0.29) is 5.92 Å². The molecule has 0 aliphatic heterocycles. The van der Waals surface area contributed by atoms with Gasteiger partial charge in [-0.05, 0) is 19.8 Å². The Labute approximate surface area is 105 Å². The maximum Gasteiger partial charge on any atom is 0.326 e. The number of nitrogens with zero attached hydrogens (tertiary/aromatic N) is 2. The zero-order chi connectivity index (χ0) is 13.9. The summed E-state index contributed by atoms with van der Waals surface area (Å²) in [5, 5.41) is 11.5. The van der Waals surface area contributed by atoms with Crippen LogP contribution in [0.3, 0.4) is 0 Å². The first kappa shape index (κ1) is 14.1. The third kappa shape index (κ3) is 3.26. The largest absolute Gasteiger partial charge is 0.480 e. The molecule has 0 radical (unpaired) electrons. The van der Waals surface area contributed by atoms with E-state index < -0.39 is 17.9 Å². The van der Waals surface area contributed by atoms with E-state index in [1.165, 1.54) is 6.20 Å². The van der Waals surface area contributed by atoms with Gasteiger partial charge >= 0.3 is 5.97 Å².